The highest BCUT2D eigenvalue weighted by molar-refractivity contribution is 5.69. The topological polar surface area (TPSA) is 80.9 Å². The molecule has 15 heavy (non-hydrogen) atoms. The van der Waals surface area contributed by atoms with Crippen LogP contribution in [0.1, 0.15) is 5.69 Å². The molecular weight excluding hydrogens is 196 g/mol. The molecule has 0 amide bonds. The third kappa shape index (κ3) is 1.83. The average Bonchev–Trinajstić information content (AvgIpc) is 2.66. The lowest BCUT2D eigenvalue weighted by Crippen LogP contribution is -2.07. The Kier molecular flexibility index (Phi) is 2.17. The number of aryl methyl sites for hydroxylation is 1. The molecule has 0 aromatic carbocycles. The van der Waals surface area contributed by atoms with Crippen LogP contribution in [0, 0.1) is 6.92 Å². The molecule has 0 saturated heterocycles. The van der Waals surface area contributed by atoms with Gasteiger partial charge in [0.15, 0.2) is 0 Å². The SMILES string of the molecule is Cc1cncc(-c2cnn(C(=O)O)c2)n1. The first-order valence-electron chi connectivity index (χ1n) is 4.24. The smallest absolute Gasteiger partial charge is 0.432 e. The van der Waals surface area contributed by atoms with Crippen LogP contribution in [0.25, 0.3) is 11.3 Å². The molecule has 0 saturated carbocycles. The van der Waals surface area contributed by atoms with Gasteiger partial charge in [0, 0.05) is 18.0 Å². The van der Waals surface area contributed by atoms with Crippen molar-refractivity contribution in [2.75, 3.05) is 0 Å². The largest absolute Gasteiger partial charge is 0.463 e. The van der Waals surface area contributed by atoms with Gasteiger partial charge in [0.1, 0.15) is 0 Å². The van der Waals surface area contributed by atoms with Crippen molar-refractivity contribution in [3.8, 4) is 11.3 Å². The molecule has 2 aromatic heterocycles. The number of nitrogens with zero attached hydrogens (tertiary/aromatic N) is 4. The molecule has 2 heterocycles. The summed E-state index contributed by atoms with van der Waals surface area (Å²) in [4.78, 5) is 18.8. The standard InChI is InChI=1S/C9H8N4O2/c1-6-2-10-4-8(12-6)7-3-11-13(5-7)9(14)15/h2-5H,1H3,(H,14,15). The van der Waals surface area contributed by atoms with Crippen LogP contribution < -0.4 is 0 Å². The fraction of sp³-hybridized carbons (Fsp3) is 0.111. The van der Waals surface area contributed by atoms with Crippen molar-refractivity contribution in [2.24, 2.45) is 0 Å². The Labute approximate surface area is 85.2 Å². The molecule has 0 fully saturated rings. The molecule has 0 bridgehead atoms. The fourth-order valence-electron chi connectivity index (χ4n) is 1.16. The summed E-state index contributed by atoms with van der Waals surface area (Å²) >= 11 is 0. The Balaban J connectivity index is 2.41. The van der Waals surface area contributed by atoms with Gasteiger partial charge in [0.05, 0.1) is 23.8 Å². The minimum atomic E-state index is -1.12. The van der Waals surface area contributed by atoms with Crippen molar-refractivity contribution in [1.82, 2.24) is 19.7 Å². The van der Waals surface area contributed by atoms with Crippen LogP contribution in [-0.4, -0.2) is 30.9 Å². The van der Waals surface area contributed by atoms with E-state index in [2.05, 4.69) is 15.1 Å². The highest BCUT2D eigenvalue weighted by atomic mass is 16.4. The maximum Gasteiger partial charge on any atom is 0.432 e. The van der Waals surface area contributed by atoms with Crippen molar-refractivity contribution >= 4 is 6.09 Å². The predicted molar refractivity (Wildman–Crippen MR) is 51.4 cm³/mol. The van der Waals surface area contributed by atoms with Crippen LogP contribution >= 0.6 is 0 Å². The molecule has 0 spiro atoms. The minimum Gasteiger partial charge on any atom is -0.463 e. The van der Waals surface area contributed by atoms with Crippen LogP contribution in [0.15, 0.2) is 24.8 Å². The van der Waals surface area contributed by atoms with E-state index < -0.39 is 6.09 Å². The molecular formula is C9H8N4O2. The fourth-order valence-corrected chi connectivity index (χ4v) is 1.16. The van der Waals surface area contributed by atoms with Gasteiger partial charge in [-0.3, -0.25) is 4.98 Å². The quantitative estimate of drug-likeness (QED) is 0.754. The van der Waals surface area contributed by atoms with E-state index in [1.54, 1.807) is 12.4 Å². The summed E-state index contributed by atoms with van der Waals surface area (Å²) in [6, 6.07) is 0. The van der Waals surface area contributed by atoms with Crippen LogP contribution in [0.4, 0.5) is 4.79 Å². The van der Waals surface area contributed by atoms with E-state index in [9.17, 15) is 4.79 Å². The van der Waals surface area contributed by atoms with Crippen molar-refractivity contribution < 1.29 is 9.90 Å². The van der Waals surface area contributed by atoms with Gasteiger partial charge in [-0.05, 0) is 6.92 Å². The van der Waals surface area contributed by atoms with Crippen molar-refractivity contribution in [2.45, 2.75) is 6.92 Å². The average molecular weight is 204 g/mol. The van der Waals surface area contributed by atoms with Crippen molar-refractivity contribution in [3.05, 3.63) is 30.5 Å². The van der Waals surface area contributed by atoms with Gasteiger partial charge in [0.2, 0.25) is 0 Å². The summed E-state index contributed by atoms with van der Waals surface area (Å²) in [5, 5.41) is 12.3. The summed E-state index contributed by atoms with van der Waals surface area (Å²) in [6.07, 6.45) is 4.91. The van der Waals surface area contributed by atoms with E-state index in [1.807, 2.05) is 6.92 Å². The molecule has 2 aromatic rings. The molecule has 0 aliphatic rings. The molecule has 6 nitrogen and oxygen atoms in total. The summed E-state index contributed by atoms with van der Waals surface area (Å²) in [7, 11) is 0. The molecule has 1 N–H and O–H groups in total. The Hall–Kier alpha value is -2.24. The molecule has 6 heteroatoms. The Morgan fingerprint density at radius 3 is 2.80 bits per heavy atom. The number of hydrogen-bond acceptors (Lipinski definition) is 4. The minimum absolute atomic E-state index is 0.613. The molecule has 0 aliphatic heterocycles. The zero-order valence-electron chi connectivity index (χ0n) is 7.95. The summed E-state index contributed by atoms with van der Waals surface area (Å²) in [5.41, 5.74) is 2.02. The van der Waals surface area contributed by atoms with Gasteiger partial charge >= 0.3 is 6.09 Å². The van der Waals surface area contributed by atoms with Gasteiger partial charge in [-0.1, -0.05) is 0 Å². The zero-order valence-corrected chi connectivity index (χ0v) is 7.95. The molecule has 0 unspecified atom stereocenters. The molecule has 76 valence electrons. The van der Waals surface area contributed by atoms with Crippen LogP contribution in [0.5, 0.6) is 0 Å². The second kappa shape index (κ2) is 3.49. The normalized spacial score (nSPS) is 10.2. The maximum atomic E-state index is 10.6. The van der Waals surface area contributed by atoms with E-state index >= 15 is 0 Å². The predicted octanol–water partition coefficient (Wildman–Crippen LogP) is 1.17. The zero-order chi connectivity index (χ0) is 10.8. The second-order valence-electron chi connectivity index (χ2n) is 3.00. The highest BCUT2D eigenvalue weighted by Crippen LogP contribution is 2.14. The van der Waals surface area contributed by atoms with E-state index in [1.165, 1.54) is 12.4 Å². The number of carbonyl (C=O) groups is 1. The monoisotopic (exact) mass is 204 g/mol. The number of hydrogen-bond donors (Lipinski definition) is 1. The lowest BCUT2D eigenvalue weighted by atomic mass is 10.2. The van der Waals surface area contributed by atoms with Crippen molar-refractivity contribution in [1.29, 1.82) is 0 Å². The van der Waals surface area contributed by atoms with Gasteiger partial charge in [-0.15, -0.1) is 0 Å². The summed E-state index contributed by atoms with van der Waals surface area (Å²) in [6.45, 7) is 1.82. The first kappa shape index (κ1) is 9.32. The van der Waals surface area contributed by atoms with E-state index in [0.717, 1.165) is 10.4 Å². The first-order valence-corrected chi connectivity index (χ1v) is 4.24. The number of rotatable bonds is 1. The summed E-state index contributed by atoms with van der Waals surface area (Å²) < 4.78 is 0.833. The number of aromatic nitrogens is 4. The van der Waals surface area contributed by atoms with Crippen LogP contribution in [0.3, 0.4) is 0 Å². The Bertz CT molecular complexity index is 506. The van der Waals surface area contributed by atoms with Gasteiger partial charge in [0.25, 0.3) is 0 Å². The van der Waals surface area contributed by atoms with Gasteiger partial charge in [-0.25, -0.2) is 9.78 Å². The first-order chi connectivity index (χ1) is 7.16. The molecule has 2 rings (SSSR count). The van der Waals surface area contributed by atoms with Gasteiger partial charge in [-0.2, -0.15) is 9.78 Å². The van der Waals surface area contributed by atoms with Crippen molar-refractivity contribution in [3.63, 3.8) is 0 Å². The van der Waals surface area contributed by atoms with E-state index in [-0.39, 0.29) is 0 Å². The van der Waals surface area contributed by atoms with Crippen LogP contribution in [0.2, 0.25) is 0 Å². The maximum absolute atomic E-state index is 10.6. The lowest BCUT2D eigenvalue weighted by molar-refractivity contribution is 0.192. The van der Waals surface area contributed by atoms with Gasteiger partial charge < -0.3 is 5.11 Å². The highest BCUT2D eigenvalue weighted by Gasteiger charge is 2.07. The van der Waals surface area contributed by atoms with E-state index in [0.29, 0.717) is 11.3 Å². The lowest BCUT2D eigenvalue weighted by Gasteiger charge is -1.95. The Morgan fingerprint density at radius 1 is 1.40 bits per heavy atom. The van der Waals surface area contributed by atoms with Crippen LogP contribution in [-0.2, 0) is 0 Å². The molecule has 0 aliphatic carbocycles. The molecule has 0 radical (unpaired) electrons. The summed E-state index contributed by atoms with van der Waals surface area (Å²) in [5.74, 6) is 0. The second-order valence-corrected chi connectivity index (χ2v) is 3.00. The molecule has 0 atom stereocenters. The number of carboxylic acid groups (broad SMARTS) is 1. The third-order valence-corrected chi connectivity index (χ3v) is 1.83. The Morgan fingerprint density at radius 2 is 2.20 bits per heavy atom. The third-order valence-electron chi connectivity index (χ3n) is 1.83. The van der Waals surface area contributed by atoms with E-state index in [4.69, 9.17) is 5.11 Å².